The molecule has 5 rings (SSSR count). The van der Waals surface area contributed by atoms with Crippen LogP contribution in [0.3, 0.4) is 0 Å². The number of esters is 1. The van der Waals surface area contributed by atoms with Gasteiger partial charge in [-0.05, 0) is 69.7 Å². The first kappa shape index (κ1) is 25.3. The van der Waals surface area contributed by atoms with Crippen LogP contribution >= 0.6 is 27.3 Å². The average Bonchev–Trinajstić information content (AvgIpc) is 3.43. The molecule has 0 N–H and O–H groups in total. The summed E-state index contributed by atoms with van der Waals surface area (Å²) >= 11 is 4.77. The maximum atomic E-state index is 13.9. The molecule has 37 heavy (non-hydrogen) atoms. The Morgan fingerprint density at radius 2 is 2.03 bits per heavy atom. The van der Waals surface area contributed by atoms with Gasteiger partial charge in [0.25, 0.3) is 5.56 Å². The lowest BCUT2D eigenvalue weighted by molar-refractivity contribution is -0.139. The van der Waals surface area contributed by atoms with Crippen LogP contribution in [-0.2, 0) is 9.53 Å². The van der Waals surface area contributed by atoms with Gasteiger partial charge in [0.1, 0.15) is 5.75 Å². The zero-order valence-corrected chi connectivity index (χ0v) is 23.1. The van der Waals surface area contributed by atoms with Crippen molar-refractivity contribution in [1.29, 1.82) is 0 Å². The quantitative estimate of drug-likeness (QED) is 0.406. The zero-order valence-electron chi connectivity index (χ0n) is 20.7. The van der Waals surface area contributed by atoms with Crippen molar-refractivity contribution in [2.45, 2.75) is 39.8 Å². The first-order valence-corrected chi connectivity index (χ1v) is 13.4. The standard InChI is InChI=1S/C27H25BrN2O6S/c1-5-33-26(32)23-15(4)29-27-30(24(23)16-6-8-20-21(11-16)35-13-34-20)25(31)22(37-27)12-17-10-18(28)7-9-19(17)36-14(2)3/h6-12,14,24H,5,13H2,1-4H3/b22-12+/t24-/m1/s1. The molecule has 1 aromatic heterocycles. The van der Waals surface area contributed by atoms with E-state index in [9.17, 15) is 9.59 Å². The van der Waals surface area contributed by atoms with E-state index in [1.54, 1.807) is 36.6 Å². The smallest absolute Gasteiger partial charge is 0.338 e. The molecule has 0 bridgehead atoms. The summed E-state index contributed by atoms with van der Waals surface area (Å²) in [5, 5.41) is 0. The number of ether oxygens (including phenoxy) is 4. The highest BCUT2D eigenvalue weighted by atomic mass is 79.9. The molecule has 0 saturated carbocycles. The average molecular weight is 585 g/mol. The van der Waals surface area contributed by atoms with Crippen molar-refractivity contribution < 1.29 is 23.7 Å². The molecule has 0 spiro atoms. The fraction of sp³-hybridized carbons (Fsp3) is 0.296. The highest BCUT2D eigenvalue weighted by Gasteiger charge is 2.34. The zero-order chi connectivity index (χ0) is 26.3. The van der Waals surface area contributed by atoms with E-state index in [1.807, 2.05) is 38.1 Å². The Morgan fingerprint density at radius 3 is 2.78 bits per heavy atom. The van der Waals surface area contributed by atoms with E-state index in [0.29, 0.717) is 43.4 Å². The number of nitrogens with zero attached hydrogens (tertiary/aromatic N) is 2. The summed E-state index contributed by atoms with van der Waals surface area (Å²) in [4.78, 5) is 32.1. The van der Waals surface area contributed by atoms with Crippen molar-refractivity contribution in [3.8, 4) is 17.2 Å². The number of allylic oxidation sites excluding steroid dienone is 1. The number of halogens is 1. The van der Waals surface area contributed by atoms with Gasteiger partial charge in [-0.15, -0.1) is 0 Å². The molecule has 0 aliphatic carbocycles. The number of thiazole rings is 1. The van der Waals surface area contributed by atoms with Crippen molar-refractivity contribution in [3.63, 3.8) is 0 Å². The predicted octanol–water partition coefficient (Wildman–Crippen LogP) is 4.08. The van der Waals surface area contributed by atoms with E-state index in [0.717, 1.165) is 10.0 Å². The summed E-state index contributed by atoms with van der Waals surface area (Å²) in [5.41, 5.74) is 2.00. The second-order valence-electron chi connectivity index (χ2n) is 8.76. The summed E-state index contributed by atoms with van der Waals surface area (Å²) in [6, 6.07) is 10.3. The molecule has 0 amide bonds. The predicted molar refractivity (Wildman–Crippen MR) is 143 cm³/mol. The lowest BCUT2D eigenvalue weighted by Gasteiger charge is -2.24. The molecule has 0 radical (unpaired) electrons. The van der Waals surface area contributed by atoms with E-state index >= 15 is 0 Å². The summed E-state index contributed by atoms with van der Waals surface area (Å²) in [5.74, 6) is 1.32. The lowest BCUT2D eigenvalue weighted by Crippen LogP contribution is -2.39. The number of hydrogen-bond donors (Lipinski definition) is 0. The van der Waals surface area contributed by atoms with Gasteiger partial charge in [-0.2, -0.15) is 0 Å². The van der Waals surface area contributed by atoms with Crippen molar-refractivity contribution in [2.75, 3.05) is 13.4 Å². The molecule has 10 heteroatoms. The summed E-state index contributed by atoms with van der Waals surface area (Å²) in [7, 11) is 0. The number of rotatable bonds is 6. The third-order valence-electron chi connectivity index (χ3n) is 5.85. The van der Waals surface area contributed by atoms with Gasteiger partial charge in [0.05, 0.1) is 34.6 Å². The van der Waals surface area contributed by atoms with Crippen LogP contribution < -0.4 is 29.1 Å². The van der Waals surface area contributed by atoms with Crippen LogP contribution in [0.2, 0.25) is 0 Å². The van der Waals surface area contributed by atoms with Crippen LogP contribution in [0, 0.1) is 0 Å². The third kappa shape index (κ3) is 4.83. The van der Waals surface area contributed by atoms with Gasteiger partial charge in [0.2, 0.25) is 6.79 Å². The molecule has 192 valence electrons. The van der Waals surface area contributed by atoms with Crippen LogP contribution in [0.15, 0.2) is 61.9 Å². The highest BCUT2D eigenvalue weighted by Crippen LogP contribution is 2.38. The number of fused-ring (bicyclic) bond motifs is 2. The van der Waals surface area contributed by atoms with Crippen molar-refractivity contribution >= 4 is 39.3 Å². The van der Waals surface area contributed by atoms with E-state index in [-0.39, 0.29) is 25.1 Å². The van der Waals surface area contributed by atoms with E-state index < -0.39 is 12.0 Å². The second-order valence-corrected chi connectivity index (χ2v) is 10.7. The van der Waals surface area contributed by atoms with Gasteiger partial charge in [-0.25, -0.2) is 9.79 Å². The number of hydrogen-bond acceptors (Lipinski definition) is 8. The van der Waals surface area contributed by atoms with Crippen LogP contribution in [0.4, 0.5) is 0 Å². The van der Waals surface area contributed by atoms with Crippen LogP contribution in [-0.4, -0.2) is 30.0 Å². The van der Waals surface area contributed by atoms with Crippen molar-refractivity contribution in [3.05, 3.63) is 83.0 Å². The van der Waals surface area contributed by atoms with Gasteiger partial charge in [0, 0.05) is 10.0 Å². The Balaban J connectivity index is 1.72. The lowest BCUT2D eigenvalue weighted by atomic mass is 9.95. The largest absolute Gasteiger partial charge is 0.490 e. The Morgan fingerprint density at radius 1 is 1.24 bits per heavy atom. The molecule has 2 aliphatic rings. The molecule has 8 nitrogen and oxygen atoms in total. The molecule has 2 aromatic carbocycles. The Hall–Kier alpha value is -3.37. The molecule has 3 aromatic rings. The Labute approximate surface area is 225 Å². The monoisotopic (exact) mass is 584 g/mol. The number of aromatic nitrogens is 1. The number of carbonyl (C=O) groups is 1. The maximum Gasteiger partial charge on any atom is 0.338 e. The first-order valence-electron chi connectivity index (χ1n) is 11.8. The fourth-order valence-corrected chi connectivity index (χ4v) is 5.74. The minimum atomic E-state index is -0.735. The highest BCUT2D eigenvalue weighted by molar-refractivity contribution is 9.10. The molecule has 0 unspecified atom stereocenters. The van der Waals surface area contributed by atoms with E-state index in [2.05, 4.69) is 20.9 Å². The molecule has 2 aliphatic heterocycles. The van der Waals surface area contributed by atoms with Crippen molar-refractivity contribution in [1.82, 2.24) is 4.57 Å². The van der Waals surface area contributed by atoms with Crippen LogP contribution in [0.25, 0.3) is 6.08 Å². The van der Waals surface area contributed by atoms with Gasteiger partial charge >= 0.3 is 5.97 Å². The van der Waals surface area contributed by atoms with E-state index in [1.165, 1.54) is 11.3 Å². The third-order valence-corrected chi connectivity index (χ3v) is 7.33. The molecule has 0 fully saturated rings. The van der Waals surface area contributed by atoms with Crippen LogP contribution in [0.5, 0.6) is 17.2 Å². The normalized spacial score (nSPS) is 16.6. The fourth-order valence-electron chi connectivity index (χ4n) is 4.32. The first-order chi connectivity index (χ1) is 17.8. The second kappa shape index (κ2) is 10.2. The molecule has 3 heterocycles. The minimum Gasteiger partial charge on any atom is -0.490 e. The molecular weight excluding hydrogens is 560 g/mol. The SMILES string of the molecule is CCOC(=O)C1=C(C)N=c2s/c(=C/c3cc(Br)ccc3OC(C)C)c(=O)n2[C@@H]1c1ccc2c(c1)OCO2. The van der Waals surface area contributed by atoms with Crippen molar-refractivity contribution in [2.24, 2.45) is 4.99 Å². The Kier molecular flexibility index (Phi) is 6.96. The van der Waals surface area contributed by atoms with Gasteiger partial charge < -0.3 is 18.9 Å². The maximum absolute atomic E-state index is 13.9. The summed E-state index contributed by atoms with van der Waals surface area (Å²) in [6.07, 6.45) is 1.77. The van der Waals surface area contributed by atoms with Gasteiger partial charge in [-0.1, -0.05) is 33.3 Å². The van der Waals surface area contributed by atoms with Crippen LogP contribution in [0.1, 0.15) is 44.9 Å². The summed E-state index contributed by atoms with van der Waals surface area (Å²) < 4.78 is 25.2. The van der Waals surface area contributed by atoms with E-state index in [4.69, 9.17) is 18.9 Å². The summed E-state index contributed by atoms with van der Waals surface area (Å²) in [6.45, 7) is 7.72. The topological polar surface area (TPSA) is 88.4 Å². The van der Waals surface area contributed by atoms with Gasteiger partial charge in [-0.3, -0.25) is 9.36 Å². The number of benzene rings is 2. The van der Waals surface area contributed by atoms with Gasteiger partial charge in [0.15, 0.2) is 16.3 Å². The number of carbonyl (C=O) groups excluding carboxylic acids is 1. The Bertz CT molecular complexity index is 1600. The molecule has 1 atom stereocenters. The minimum absolute atomic E-state index is 0.0321. The molecule has 0 saturated heterocycles. The molecular formula is C27H25BrN2O6S.